The van der Waals surface area contributed by atoms with Crippen LogP contribution in [0.4, 0.5) is 17.6 Å². The number of thiophene rings is 1. The van der Waals surface area contributed by atoms with Crippen molar-refractivity contribution < 1.29 is 43.7 Å². The lowest BCUT2D eigenvalue weighted by Crippen LogP contribution is -2.45. The minimum atomic E-state index is -4.53. The third kappa shape index (κ3) is 9.41. The van der Waals surface area contributed by atoms with Gasteiger partial charge in [0.05, 0.1) is 21.0 Å². The van der Waals surface area contributed by atoms with E-state index >= 15 is 0 Å². The van der Waals surface area contributed by atoms with Gasteiger partial charge in [0.15, 0.2) is 11.9 Å². The quantitative estimate of drug-likeness (QED) is 0.0940. The van der Waals surface area contributed by atoms with Crippen LogP contribution in [-0.4, -0.2) is 94.0 Å². The fraction of sp³-hybridized carbons (Fsp3) is 0.350. The predicted octanol–water partition coefficient (Wildman–Crippen LogP) is 8.26. The SMILES string of the molecule is [2H]C([2H])(c1ccccc1OCc1ccnn1CC(F)(F)F)[C@H](Oc1ncnc2sc(-c3ccc(F)o3)c(-c3ccc(OCCN4CCN(C)CC4)c(Cl)c3C)c12)C(C)=O. The van der Waals surface area contributed by atoms with Crippen molar-refractivity contribution in [2.75, 3.05) is 46.4 Å². The Labute approximate surface area is 337 Å². The molecule has 0 amide bonds. The number of fused-ring (bicyclic) bond motifs is 1. The first kappa shape index (κ1) is 37.5. The number of alkyl halides is 3. The molecule has 1 fully saturated rings. The molecule has 6 aromatic rings. The molecule has 5 heterocycles. The average molecular weight is 829 g/mol. The van der Waals surface area contributed by atoms with Crippen molar-refractivity contribution in [3.8, 4) is 39.1 Å². The molecule has 57 heavy (non-hydrogen) atoms. The van der Waals surface area contributed by atoms with Gasteiger partial charge in [-0.3, -0.25) is 14.4 Å². The maximum Gasteiger partial charge on any atom is 0.408 e. The van der Waals surface area contributed by atoms with E-state index in [1.165, 1.54) is 48.9 Å². The Morgan fingerprint density at radius 3 is 2.58 bits per heavy atom. The number of ketones is 1. The first-order valence-corrected chi connectivity index (χ1v) is 19.1. The minimum absolute atomic E-state index is 0.0330. The van der Waals surface area contributed by atoms with Crippen molar-refractivity contribution >= 4 is 38.9 Å². The zero-order valence-corrected chi connectivity index (χ0v) is 32.7. The molecule has 0 aliphatic carbocycles. The number of hydrogen-bond acceptors (Lipinski definition) is 11. The van der Waals surface area contributed by atoms with Crippen LogP contribution in [0.1, 0.15) is 26.5 Å². The van der Waals surface area contributed by atoms with Gasteiger partial charge < -0.3 is 23.5 Å². The highest BCUT2D eigenvalue weighted by atomic mass is 35.5. The number of benzene rings is 2. The number of para-hydroxylation sites is 1. The van der Waals surface area contributed by atoms with Gasteiger partial charge >= 0.3 is 6.18 Å². The van der Waals surface area contributed by atoms with Gasteiger partial charge in [-0.25, -0.2) is 9.97 Å². The highest BCUT2D eigenvalue weighted by molar-refractivity contribution is 7.22. The maximum atomic E-state index is 14.4. The normalized spacial score (nSPS) is 15.4. The van der Waals surface area contributed by atoms with Crippen molar-refractivity contribution in [1.29, 1.82) is 0 Å². The van der Waals surface area contributed by atoms with E-state index in [1.807, 2.05) is 0 Å². The second-order valence-corrected chi connectivity index (χ2v) is 14.8. The van der Waals surface area contributed by atoms with E-state index in [-0.39, 0.29) is 40.6 Å². The molecule has 0 radical (unpaired) electrons. The number of piperazine rings is 1. The molecular formula is C40H39ClF4N6O5S. The van der Waals surface area contributed by atoms with E-state index in [9.17, 15) is 25.1 Å². The van der Waals surface area contributed by atoms with Crippen LogP contribution in [0.15, 0.2) is 71.5 Å². The third-order valence-corrected chi connectivity index (χ3v) is 11.0. The summed E-state index contributed by atoms with van der Waals surface area (Å²) in [5.74, 6) is -0.247. The lowest BCUT2D eigenvalue weighted by molar-refractivity contribution is -0.143. The van der Waals surface area contributed by atoms with E-state index in [2.05, 4.69) is 31.9 Å². The van der Waals surface area contributed by atoms with Crippen molar-refractivity contribution in [1.82, 2.24) is 29.5 Å². The summed E-state index contributed by atoms with van der Waals surface area (Å²) in [6, 6.07) is 12.6. The Morgan fingerprint density at radius 1 is 1.05 bits per heavy atom. The second-order valence-electron chi connectivity index (χ2n) is 13.4. The van der Waals surface area contributed by atoms with Gasteiger partial charge in [-0.05, 0) is 61.9 Å². The fourth-order valence-electron chi connectivity index (χ4n) is 6.39. The average Bonchev–Trinajstić information content (AvgIpc) is 3.93. The van der Waals surface area contributed by atoms with Gasteiger partial charge in [0.25, 0.3) is 6.01 Å². The van der Waals surface area contributed by atoms with Crippen LogP contribution < -0.4 is 14.2 Å². The second kappa shape index (κ2) is 17.2. The Hall–Kier alpha value is -5.03. The third-order valence-electron chi connectivity index (χ3n) is 9.41. The zero-order valence-electron chi connectivity index (χ0n) is 33.1. The molecule has 0 spiro atoms. The number of carbonyl (C=O) groups excluding carboxylic acids is 1. The maximum absolute atomic E-state index is 14.4. The number of carbonyl (C=O) groups is 1. The van der Waals surface area contributed by atoms with E-state index in [0.29, 0.717) is 43.8 Å². The molecule has 0 bridgehead atoms. The molecule has 0 unspecified atom stereocenters. The summed E-state index contributed by atoms with van der Waals surface area (Å²) in [6.45, 7) is 6.22. The number of nitrogens with zero attached hydrogens (tertiary/aromatic N) is 6. The smallest absolute Gasteiger partial charge is 0.408 e. The molecule has 17 heteroatoms. The lowest BCUT2D eigenvalue weighted by atomic mass is 9.97. The Kier molecular flexibility index (Phi) is 11.3. The molecule has 2 aromatic carbocycles. The number of furan rings is 1. The molecule has 0 N–H and O–H groups in total. The van der Waals surface area contributed by atoms with Crippen molar-refractivity contribution in [3.63, 3.8) is 0 Å². The van der Waals surface area contributed by atoms with Gasteiger partial charge in [0.1, 0.15) is 48.2 Å². The number of halogens is 5. The fourth-order valence-corrected chi connectivity index (χ4v) is 7.72. The molecule has 300 valence electrons. The van der Waals surface area contributed by atoms with Crippen molar-refractivity contribution in [2.45, 2.75) is 45.7 Å². The summed E-state index contributed by atoms with van der Waals surface area (Å²) in [4.78, 5) is 27.6. The van der Waals surface area contributed by atoms with Crippen LogP contribution in [0.25, 0.3) is 32.0 Å². The summed E-state index contributed by atoms with van der Waals surface area (Å²) in [5, 5.41) is 4.36. The first-order valence-electron chi connectivity index (χ1n) is 18.9. The van der Waals surface area contributed by atoms with Crippen LogP contribution in [0.3, 0.4) is 0 Å². The molecule has 0 saturated carbocycles. The molecule has 11 nitrogen and oxygen atoms in total. The highest BCUT2D eigenvalue weighted by Gasteiger charge is 2.30. The summed E-state index contributed by atoms with van der Waals surface area (Å²) < 4.78 is 96.9. The molecule has 1 aliphatic rings. The van der Waals surface area contributed by atoms with Crippen LogP contribution in [0.5, 0.6) is 17.4 Å². The highest BCUT2D eigenvalue weighted by Crippen LogP contribution is 2.49. The number of Topliss-reactive ketones (excluding diaryl/α,β-unsaturated/α-hetero) is 1. The van der Waals surface area contributed by atoms with Crippen LogP contribution >= 0.6 is 22.9 Å². The minimum Gasteiger partial charge on any atom is -0.491 e. The number of ether oxygens (including phenoxy) is 3. The summed E-state index contributed by atoms with van der Waals surface area (Å²) in [6.07, 6.45) is -6.52. The van der Waals surface area contributed by atoms with E-state index < -0.39 is 37.0 Å². The van der Waals surface area contributed by atoms with Gasteiger partial charge in [-0.1, -0.05) is 35.9 Å². The van der Waals surface area contributed by atoms with Crippen LogP contribution in [0, 0.1) is 12.9 Å². The largest absolute Gasteiger partial charge is 0.491 e. The van der Waals surface area contributed by atoms with Gasteiger partial charge in [0, 0.05) is 59.7 Å². The molecular weight excluding hydrogens is 788 g/mol. The number of hydrogen-bond donors (Lipinski definition) is 0. The number of aromatic nitrogens is 4. The number of likely N-dealkylation sites (N-methyl/N-ethyl adjacent to an activating group) is 1. The van der Waals surface area contributed by atoms with E-state index in [1.54, 1.807) is 25.1 Å². The monoisotopic (exact) mass is 828 g/mol. The molecule has 7 rings (SSSR count). The van der Waals surface area contributed by atoms with E-state index in [4.69, 9.17) is 30.2 Å². The number of rotatable bonds is 15. The molecule has 1 atom stereocenters. The standard InChI is InChI=1S/C40H39ClF4N6O5S/c1-24-28(8-9-30(36(24)41)53-19-18-50-16-14-49(3)15-17-50)34-35-38(46-23-47-39(35)57-37(34)31-10-11-33(42)55-31)56-32(25(2)52)20-26-6-4-5-7-29(26)54-21-27-12-13-48-51(27)22-40(43,44)45/h4-13,23,32H,14-22H2,1-3H3/t32-/m0/s1/i20D2. The van der Waals surface area contributed by atoms with Gasteiger partial charge in [0.2, 0.25) is 5.88 Å². The lowest BCUT2D eigenvalue weighted by Gasteiger charge is -2.32. The van der Waals surface area contributed by atoms with Gasteiger partial charge in [-0.15, -0.1) is 11.3 Å². The molecule has 4 aromatic heterocycles. The Morgan fingerprint density at radius 2 is 1.84 bits per heavy atom. The zero-order chi connectivity index (χ0) is 42.1. The van der Waals surface area contributed by atoms with E-state index in [0.717, 1.165) is 55.7 Å². The molecule has 1 saturated heterocycles. The summed E-state index contributed by atoms with van der Waals surface area (Å²) in [7, 11) is 2.09. The van der Waals surface area contributed by atoms with Gasteiger partial charge in [-0.2, -0.15) is 22.7 Å². The summed E-state index contributed by atoms with van der Waals surface area (Å²) >= 11 is 8.11. The Bertz CT molecular complexity index is 2450. The van der Waals surface area contributed by atoms with Crippen molar-refractivity contribution in [2.24, 2.45) is 0 Å². The summed E-state index contributed by atoms with van der Waals surface area (Å²) in [5.41, 5.74) is 1.62. The predicted molar refractivity (Wildman–Crippen MR) is 208 cm³/mol. The van der Waals surface area contributed by atoms with Crippen LogP contribution in [-0.2, 0) is 24.3 Å². The van der Waals surface area contributed by atoms with Crippen LogP contribution in [0.2, 0.25) is 5.02 Å². The Balaban J connectivity index is 1.23. The topological polar surface area (TPSA) is 108 Å². The molecule has 1 aliphatic heterocycles. The van der Waals surface area contributed by atoms with Crippen molar-refractivity contribution in [3.05, 3.63) is 95.0 Å². The first-order chi connectivity index (χ1) is 28.1.